The van der Waals surface area contributed by atoms with Crippen molar-refractivity contribution in [2.75, 3.05) is 26.8 Å². The SMILES string of the molecule is CNCCCO[C@@H]1CC2CC1C1(COC(=O)C1)C2. The van der Waals surface area contributed by atoms with Crippen LogP contribution in [0.25, 0.3) is 0 Å². The molecule has 1 N–H and O–H groups in total. The molecule has 3 unspecified atom stereocenters. The van der Waals surface area contributed by atoms with Gasteiger partial charge in [-0.25, -0.2) is 0 Å². The van der Waals surface area contributed by atoms with Crippen LogP contribution < -0.4 is 5.32 Å². The Bertz CT molecular complexity index is 333. The van der Waals surface area contributed by atoms with E-state index in [0.717, 1.165) is 25.5 Å². The minimum atomic E-state index is -0.00326. The minimum absolute atomic E-state index is 0.00326. The predicted molar refractivity (Wildman–Crippen MR) is 67.1 cm³/mol. The van der Waals surface area contributed by atoms with Crippen LogP contribution in [0.15, 0.2) is 0 Å². The molecule has 1 saturated heterocycles. The summed E-state index contributed by atoms with van der Waals surface area (Å²) in [7, 11) is 1.97. The molecule has 0 amide bonds. The molecule has 3 fully saturated rings. The summed E-state index contributed by atoms with van der Waals surface area (Å²) in [5, 5.41) is 3.14. The van der Waals surface area contributed by atoms with Gasteiger partial charge in [0.2, 0.25) is 0 Å². The zero-order valence-corrected chi connectivity index (χ0v) is 11.1. The molecule has 1 heterocycles. The summed E-state index contributed by atoms with van der Waals surface area (Å²) >= 11 is 0. The highest BCUT2D eigenvalue weighted by molar-refractivity contribution is 5.72. The van der Waals surface area contributed by atoms with Gasteiger partial charge in [0.05, 0.1) is 19.1 Å². The van der Waals surface area contributed by atoms with E-state index >= 15 is 0 Å². The molecule has 2 bridgehead atoms. The highest BCUT2D eigenvalue weighted by atomic mass is 16.5. The Morgan fingerprint density at radius 1 is 1.50 bits per heavy atom. The molecule has 4 nitrogen and oxygen atoms in total. The van der Waals surface area contributed by atoms with Gasteiger partial charge in [-0.1, -0.05) is 0 Å². The Morgan fingerprint density at radius 2 is 2.39 bits per heavy atom. The van der Waals surface area contributed by atoms with Crippen LogP contribution in [0.2, 0.25) is 0 Å². The number of esters is 1. The molecule has 1 spiro atoms. The van der Waals surface area contributed by atoms with E-state index < -0.39 is 0 Å². The fourth-order valence-corrected chi connectivity index (χ4v) is 4.29. The van der Waals surface area contributed by atoms with Crippen molar-refractivity contribution in [2.24, 2.45) is 17.3 Å². The molecule has 3 aliphatic rings. The Labute approximate surface area is 108 Å². The molecule has 4 heteroatoms. The number of nitrogens with one attached hydrogen (secondary N) is 1. The first-order valence-corrected chi connectivity index (χ1v) is 7.15. The predicted octanol–water partition coefficient (Wildman–Crippen LogP) is 1.34. The Kier molecular flexibility index (Phi) is 3.32. The van der Waals surface area contributed by atoms with Gasteiger partial charge in [-0.05, 0) is 51.1 Å². The van der Waals surface area contributed by atoms with Crippen molar-refractivity contribution in [2.45, 2.75) is 38.2 Å². The van der Waals surface area contributed by atoms with E-state index in [9.17, 15) is 4.79 Å². The third kappa shape index (κ3) is 2.05. The number of ether oxygens (including phenoxy) is 2. The lowest BCUT2D eigenvalue weighted by Crippen LogP contribution is -2.38. The summed E-state index contributed by atoms with van der Waals surface area (Å²) in [5.74, 6) is 1.32. The number of fused-ring (bicyclic) bond motifs is 3. The van der Waals surface area contributed by atoms with Crippen molar-refractivity contribution in [1.82, 2.24) is 5.32 Å². The molecular formula is C14H23NO3. The molecule has 2 aliphatic carbocycles. The molecule has 1 aliphatic heterocycles. The van der Waals surface area contributed by atoms with Crippen LogP contribution >= 0.6 is 0 Å². The van der Waals surface area contributed by atoms with Crippen molar-refractivity contribution >= 4 is 5.97 Å². The first-order chi connectivity index (χ1) is 8.73. The second kappa shape index (κ2) is 4.82. The molecule has 102 valence electrons. The fraction of sp³-hybridized carbons (Fsp3) is 0.929. The topological polar surface area (TPSA) is 47.6 Å². The lowest BCUT2D eigenvalue weighted by Gasteiger charge is -2.36. The van der Waals surface area contributed by atoms with Gasteiger partial charge in [-0.3, -0.25) is 4.79 Å². The van der Waals surface area contributed by atoms with E-state index in [4.69, 9.17) is 9.47 Å². The van der Waals surface area contributed by atoms with Crippen LogP contribution in [0.1, 0.15) is 32.1 Å². The molecule has 0 aromatic carbocycles. The second-order valence-electron chi connectivity index (χ2n) is 6.21. The molecule has 0 aromatic heterocycles. The number of carbonyl (C=O) groups excluding carboxylic acids is 1. The lowest BCUT2D eigenvalue weighted by molar-refractivity contribution is -0.137. The van der Waals surface area contributed by atoms with Gasteiger partial charge in [0.15, 0.2) is 0 Å². The van der Waals surface area contributed by atoms with E-state index in [-0.39, 0.29) is 11.4 Å². The quantitative estimate of drug-likeness (QED) is 0.593. The Balaban J connectivity index is 1.57. The van der Waals surface area contributed by atoms with Gasteiger partial charge < -0.3 is 14.8 Å². The van der Waals surface area contributed by atoms with Crippen LogP contribution in [0, 0.1) is 17.3 Å². The van der Waals surface area contributed by atoms with E-state index in [2.05, 4.69) is 5.32 Å². The zero-order valence-electron chi connectivity index (χ0n) is 11.1. The van der Waals surface area contributed by atoms with E-state index in [1.165, 1.54) is 19.3 Å². The first kappa shape index (κ1) is 12.4. The molecular weight excluding hydrogens is 230 g/mol. The maximum atomic E-state index is 11.4. The van der Waals surface area contributed by atoms with Crippen LogP contribution in [0.4, 0.5) is 0 Å². The van der Waals surface area contributed by atoms with Crippen molar-refractivity contribution < 1.29 is 14.3 Å². The minimum Gasteiger partial charge on any atom is -0.465 e. The summed E-state index contributed by atoms with van der Waals surface area (Å²) in [5.41, 5.74) is 0.133. The smallest absolute Gasteiger partial charge is 0.306 e. The molecule has 4 atom stereocenters. The Hall–Kier alpha value is -0.610. The molecule has 3 rings (SSSR count). The highest BCUT2D eigenvalue weighted by Gasteiger charge is 2.59. The first-order valence-electron chi connectivity index (χ1n) is 7.15. The summed E-state index contributed by atoms with van der Waals surface area (Å²) in [6.45, 7) is 2.48. The van der Waals surface area contributed by atoms with E-state index in [0.29, 0.717) is 25.0 Å². The Morgan fingerprint density at radius 3 is 3.06 bits per heavy atom. The maximum Gasteiger partial charge on any atom is 0.306 e. The maximum absolute atomic E-state index is 11.4. The van der Waals surface area contributed by atoms with Gasteiger partial charge in [-0.2, -0.15) is 0 Å². The highest BCUT2D eigenvalue weighted by Crippen LogP contribution is 2.60. The normalized spacial score (nSPS) is 41.8. The number of rotatable bonds is 5. The van der Waals surface area contributed by atoms with Crippen LogP contribution in [0.5, 0.6) is 0 Å². The third-order valence-electron chi connectivity index (χ3n) is 5.00. The van der Waals surface area contributed by atoms with Gasteiger partial charge >= 0.3 is 5.97 Å². The fourth-order valence-electron chi connectivity index (χ4n) is 4.29. The summed E-state index contributed by atoms with van der Waals surface area (Å²) in [4.78, 5) is 11.4. The van der Waals surface area contributed by atoms with E-state index in [1.54, 1.807) is 0 Å². The largest absolute Gasteiger partial charge is 0.465 e. The second-order valence-corrected chi connectivity index (χ2v) is 6.21. The summed E-state index contributed by atoms with van der Waals surface area (Å²) < 4.78 is 11.3. The van der Waals surface area contributed by atoms with E-state index in [1.807, 2.05) is 7.05 Å². The van der Waals surface area contributed by atoms with Crippen LogP contribution in [-0.4, -0.2) is 38.9 Å². The average molecular weight is 253 g/mol. The summed E-state index contributed by atoms with van der Waals surface area (Å²) in [6.07, 6.45) is 5.68. The van der Waals surface area contributed by atoms with Crippen LogP contribution in [0.3, 0.4) is 0 Å². The van der Waals surface area contributed by atoms with Gasteiger partial charge in [0.25, 0.3) is 0 Å². The van der Waals surface area contributed by atoms with Crippen molar-refractivity contribution in [1.29, 1.82) is 0 Å². The van der Waals surface area contributed by atoms with Gasteiger partial charge in [0.1, 0.15) is 0 Å². The van der Waals surface area contributed by atoms with Crippen molar-refractivity contribution in [3.05, 3.63) is 0 Å². The standard InChI is InChI=1S/C14H23NO3/c1-15-3-2-4-17-12-6-10-5-11(12)14(7-10)8-13(16)18-9-14/h10-12,15H,2-9H2,1H3/t10?,11?,12-,14?/m1/s1. The van der Waals surface area contributed by atoms with Gasteiger partial charge in [-0.15, -0.1) is 0 Å². The van der Waals surface area contributed by atoms with Crippen LogP contribution in [-0.2, 0) is 14.3 Å². The average Bonchev–Trinajstić information content (AvgIpc) is 3.00. The van der Waals surface area contributed by atoms with Gasteiger partial charge in [0, 0.05) is 12.0 Å². The molecule has 0 radical (unpaired) electrons. The number of carbonyl (C=O) groups is 1. The number of cyclic esters (lactones) is 1. The summed E-state index contributed by atoms with van der Waals surface area (Å²) in [6, 6.07) is 0. The molecule has 2 saturated carbocycles. The molecule has 18 heavy (non-hydrogen) atoms. The monoisotopic (exact) mass is 253 g/mol. The lowest BCUT2D eigenvalue weighted by atomic mass is 9.71. The number of hydrogen-bond acceptors (Lipinski definition) is 4. The third-order valence-corrected chi connectivity index (χ3v) is 5.00. The number of hydrogen-bond donors (Lipinski definition) is 1. The zero-order chi connectivity index (χ0) is 12.6. The van der Waals surface area contributed by atoms with Crippen molar-refractivity contribution in [3.63, 3.8) is 0 Å². The van der Waals surface area contributed by atoms with Crippen molar-refractivity contribution in [3.8, 4) is 0 Å². The molecule has 0 aromatic rings.